The van der Waals surface area contributed by atoms with Gasteiger partial charge in [-0.15, -0.1) is 0 Å². The van der Waals surface area contributed by atoms with Crippen molar-refractivity contribution >= 4 is 34.5 Å². The van der Waals surface area contributed by atoms with Crippen molar-refractivity contribution in [2.75, 3.05) is 24.5 Å². The van der Waals surface area contributed by atoms with E-state index in [9.17, 15) is 14.0 Å². The smallest absolute Gasteiger partial charge is 0.410 e. The lowest BCUT2D eigenvalue weighted by molar-refractivity contribution is 0.0218. The van der Waals surface area contributed by atoms with Crippen LogP contribution in [0.3, 0.4) is 0 Å². The summed E-state index contributed by atoms with van der Waals surface area (Å²) in [5.41, 5.74) is 2.65. The minimum atomic E-state index is -0.612. The van der Waals surface area contributed by atoms with E-state index in [4.69, 9.17) is 21.3 Å². The molecule has 1 fully saturated rings. The normalized spacial score (nSPS) is 15.8. The van der Waals surface area contributed by atoms with E-state index in [-0.39, 0.29) is 23.9 Å². The lowest BCUT2D eigenvalue weighted by Crippen LogP contribution is -2.55. The number of aromatic nitrogens is 4. The Balaban J connectivity index is 1.73. The molecule has 9 nitrogen and oxygen atoms in total. The number of halogens is 2. The zero-order valence-electron chi connectivity index (χ0n) is 26.4. The van der Waals surface area contributed by atoms with Crippen LogP contribution in [0.5, 0.6) is 0 Å². The van der Waals surface area contributed by atoms with Crippen molar-refractivity contribution in [3.05, 3.63) is 74.7 Å². The van der Waals surface area contributed by atoms with Gasteiger partial charge in [0.15, 0.2) is 5.65 Å². The van der Waals surface area contributed by atoms with Gasteiger partial charge >= 0.3 is 11.8 Å². The van der Waals surface area contributed by atoms with Crippen LogP contribution in [0.4, 0.5) is 15.0 Å². The van der Waals surface area contributed by atoms with Gasteiger partial charge in [-0.1, -0.05) is 37.6 Å². The van der Waals surface area contributed by atoms with Gasteiger partial charge in [0.2, 0.25) is 0 Å². The highest BCUT2D eigenvalue weighted by atomic mass is 35.5. The maximum atomic E-state index is 14.7. The summed E-state index contributed by atoms with van der Waals surface area (Å²) >= 11 is 6.89. The first-order valence-electron chi connectivity index (χ1n) is 14.8. The molecule has 0 aliphatic carbocycles. The Bertz CT molecular complexity index is 1820. The third-order valence-electron chi connectivity index (χ3n) is 7.80. The van der Waals surface area contributed by atoms with Gasteiger partial charge in [-0.05, 0) is 76.8 Å². The van der Waals surface area contributed by atoms with Crippen molar-refractivity contribution in [2.45, 2.75) is 73.0 Å². The lowest BCUT2D eigenvalue weighted by Gasteiger charge is -2.41. The molecular weight excluding hydrogens is 583 g/mol. The van der Waals surface area contributed by atoms with Crippen LogP contribution < -0.4 is 10.6 Å². The zero-order chi connectivity index (χ0) is 32.1. The first-order chi connectivity index (χ1) is 20.7. The number of hydrogen-bond acceptors (Lipinski definition) is 7. The van der Waals surface area contributed by atoms with Gasteiger partial charge in [0.25, 0.3) is 0 Å². The number of pyridine rings is 2. The molecular formula is C33H38ClFN6O3. The van der Waals surface area contributed by atoms with Crippen LogP contribution in [-0.4, -0.2) is 61.8 Å². The molecule has 0 radical (unpaired) electrons. The number of nitrogens with zero attached hydrogens (tertiary/aromatic N) is 6. The zero-order valence-corrected chi connectivity index (χ0v) is 27.2. The Morgan fingerprint density at radius 2 is 1.86 bits per heavy atom. The number of ether oxygens (including phenoxy) is 1. The number of benzene rings is 1. The van der Waals surface area contributed by atoms with Crippen molar-refractivity contribution in [3.8, 4) is 16.9 Å². The largest absolute Gasteiger partial charge is 0.444 e. The molecule has 0 bridgehead atoms. The predicted molar refractivity (Wildman–Crippen MR) is 172 cm³/mol. The third-order valence-corrected chi connectivity index (χ3v) is 8.09. The quantitative estimate of drug-likeness (QED) is 0.247. The molecule has 0 saturated carbocycles. The number of rotatable bonds is 4. The highest BCUT2D eigenvalue weighted by Gasteiger charge is 2.33. The van der Waals surface area contributed by atoms with Crippen LogP contribution >= 0.6 is 11.6 Å². The van der Waals surface area contributed by atoms with Gasteiger partial charge in [0.05, 0.1) is 27.5 Å². The molecule has 1 atom stereocenters. The number of aryl methyl sites for hydroxylation is 1. The first-order valence-corrected chi connectivity index (χ1v) is 15.1. The minimum absolute atomic E-state index is 0.00437. The number of carbonyl (C=O) groups excluding carboxylic acids is 1. The highest BCUT2D eigenvalue weighted by molar-refractivity contribution is 6.34. The van der Waals surface area contributed by atoms with E-state index in [0.29, 0.717) is 64.0 Å². The Morgan fingerprint density at radius 3 is 2.52 bits per heavy atom. The van der Waals surface area contributed by atoms with Gasteiger partial charge in [-0.3, -0.25) is 4.98 Å². The van der Waals surface area contributed by atoms with E-state index in [2.05, 4.69) is 9.97 Å². The molecule has 1 saturated heterocycles. The topological polar surface area (TPSA) is 93.5 Å². The summed E-state index contributed by atoms with van der Waals surface area (Å²) in [4.78, 5) is 44.8. The average molecular weight is 621 g/mol. The van der Waals surface area contributed by atoms with Crippen molar-refractivity contribution in [1.29, 1.82) is 0 Å². The number of carbonyl (C=O) groups is 1. The number of fused-ring (bicyclic) bond motifs is 1. The van der Waals surface area contributed by atoms with Crippen molar-refractivity contribution in [2.24, 2.45) is 0 Å². The molecule has 4 aromatic rings. The summed E-state index contributed by atoms with van der Waals surface area (Å²) in [7, 11) is 0. The second-order valence-electron chi connectivity index (χ2n) is 12.6. The number of amides is 1. The summed E-state index contributed by atoms with van der Waals surface area (Å²) in [5.74, 6) is 0.0435. The Kier molecular flexibility index (Phi) is 8.41. The van der Waals surface area contributed by atoms with E-state index in [1.807, 2.05) is 59.4 Å². The van der Waals surface area contributed by atoms with Crippen LogP contribution in [0.15, 0.2) is 41.3 Å². The van der Waals surface area contributed by atoms with Gasteiger partial charge in [0, 0.05) is 37.4 Å². The minimum Gasteiger partial charge on any atom is -0.444 e. The van der Waals surface area contributed by atoms with E-state index in [1.165, 1.54) is 10.6 Å². The molecule has 1 aliphatic rings. The number of piperazine rings is 1. The number of hydrogen-bond donors (Lipinski definition) is 0. The van der Waals surface area contributed by atoms with Gasteiger partial charge in [-0.2, -0.15) is 4.98 Å². The van der Waals surface area contributed by atoms with Crippen LogP contribution in [0.2, 0.25) is 5.02 Å². The predicted octanol–water partition coefficient (Wildman–Crippen LogP) is 6.82. The molecule has 232 valence electrons. The summed E-state index contributed by atoms with van der Waals surface area (Å²) in [6.07, 6.45) is 1.34. The fourth-order valence-electron chi connectivity index (χ4n) is 5.63. The third kappa shape index (κ3) is 5.87. The average Bonchev–Trinajstić information content (AvgIpc) is 2.93. The van der Waals surface area contributed by atoms with Gasteiger partial charge in [-0.25, -0.2) is 23.5 Å². The van der Waals surface area contributed by atoms with Crippen molar-refractivity contribution in [1.82, 2.24) is 24.4 Å². The van der Waals surface area contributed by atoms with Crippen LogP contribution in [0.1, 0.15) is 64.3 Å². The molecule has 0 spiro atoms. The van der Waals surface area contributed by atoms with Gasteiger partial charge in [0.1, 0.15) is 17.2 Å². The maximum Gasteiger partial charge on any atom is 0.410 e. The molecule has 1 aliphatic heterocycles. The van der Waals surface area contributed by atoms with Crippen LogP contribution in [0.25, 0.3) is 28.0 Å². The molecule has 5 rings (SSSR count). The van der Waals surface area contributed by atoms with Crippen molar-refractivity contribution < 1.29 is 13.9 Å². The fourth-order valence-corrected chi connectivity index (χ4v) is 5.88. The second kappa shape index (κ2) is 11.8. The van der Waals surface area contributed by atoms with Crippen LogP contribution in [0, 0.1) is 19.7 Å². The molecule has 1 amide bonds. The summed E-state index contributed by atoms with van der Waals surface area (Å²) < 4.78 is 21.7. The molecule has 11 heteroatoms. The molecule has 0 N–H and O–H groups in total. The molecule has 44 heavy (non-hydrogen) atoms. The second-order valence-corrected chi connectivity index (χ2v) is 13.0. The van der Waals surface area contributed by atoms with E-state index >= 15 is 0 Å². The molecule has 3 aromatic heterocycles. The monoisotopic (exact) mass is 620 g/mol. The summed E-state index contributed by atoms with van der Waals surface area (Å²) in [6.45, 7) is 16.3. The molecule has 0 unspecified atom stereocenters. The Labute approximate surface area is 261 Å². The summed E-state index contributed by atoms with van der Waals surface area (Å²) in [6, 6.07) is 8.15. The van der Waals surface area contributed by atoms with E-state index in [0.717, 1.165) is 11.3 Å². The van der Waals surface area contributed by atoms with Gasteiger partial charge < -0.3 is 14.5 Å². The SMILES string of the molecule is Cc1ccnc(C(C)C)c1-n1c(=O)nc(N2CCN(C(=O)OC(C)(C)C)C[C@@H]2C)c2cc(Cl)c(-c3cccc(F)c3C)nc21. The molecule has 1 aromatic carbocycles. The standard InChI is InChI=1S/C33H38ClFN6O3/c1-18(2)26-28(19(3)12-13-36-26)41-30-23(16-24(34)27(37-30)22-10-9-11-25(35)21(22)5)29(38-31(41)42)40-15-14-39(17-20(40)4)32(43)44-33(6,7)8/h9-13,16,18,20H,14-15,17H2,1-8H3/t20-/m0/s1. The van der Waals surface area contributed by atoms with Crippen LogP contribution in [-0.2, 0) is 4.74 Å². The van der Waals surface area contributed by atoms with E-state index < -0.39 is 11.3 Å². The summed E-state index contributed by atoms with van der Waals surface area (Å²) in [5, 5.41) is 0.856. The number of anilines is 1. The Morgan fingerprint density at radius 1 is 1.14 bits per heavy atom. The Hall–Kier alpha value is -4.05. The molecule has 4 heterocycles. The van der Waals surface area contributed by atoms with E-state index in [1.54, 1.807) is 36.2 Å². The van der Waals surface area contributed by atoms with Crippen molar-refractivity contribution in [3.63, 3.8) is 0 Å². The first kappa shape index (κ1) is 31.4. The maximum absolute atomic E-state index is 14.7. The highest BCUT2D eigenvalue weighted by Crippen LogP contribution is 2.37. The lowest BCUT2D eigenvalue weighted by atomic mass is 10.0. The fraction of sp³-hybridized carbons (Fsp3) is 0.424.